The molecule has 0 saturated heterocycles. The van der Waals surface area contributed by atoms with Crippen molar-refractivity contribution in [2.24, 2.45) is 0 Å². The van der Waals surface area contributed by atoms with E-state index >= 15 is 0 Å². The monoisotopic (exact) mass is 403 g/mol. The molecule has 4 aromatic rings. The van der Waals surface area contributed by atoms with E-state index in [-0.39, 0.29) is 17.5 Å². The molecule has 0 aliphatic rings. The van der Waals surface area contributed by atoms with Gasteiger partial charge in [-0.2, -0.15) is 4.98 Å². The molecule has 0 saturated carbocycles. The second kappa shape index (κ2) is 6.71. The zero-order valence-corrected chi connectivity index (χ0v) is 15.7. The molecular formula is C18H14ClN3O4S. The van der Waals surface area contributed by atoms with Gasteiger partial charge in [0.05, 0.1) is 4.90 Å². The van der Waals surface area contributed by atoms with Crippen LogP contribution >= 0.6 is 11.6 Å². The average Bonchev–Trinajstić information content (AvgIpc) is 3.31. The highest BCUT2D eigenvalue weighted by atomic mass is 35.5. The summed E-state index contributed by atoms with van der Waals surface area (Å²) in [5, 5.41) is 4.34. The van der Waals surface area contributed by atoms with Crippen LogP contribution in [-0.2, 0) is 10.0 Å². The molecule has 2 aromatic carbocycles. The smallest absolute Gasteiger partial charge is 0.312 e. The zero-order chi connectivity index (χ0) is 19.0. The molecule has 0 radical (unpaired) electrons. The molecule has 138 valence electrons. The number of halogens is 1. The maximum absolute atomic E-state index is 13.2. The maximum atomic E-state index is 13.2. The normalized spacial score (nSPS) is 11.8. The molecule has 0 N–H and O–H groups in total. The van der Waals surface area contributed by atoms with E-state index in [0.717, 1.165) is 4.31 Å². The summed E-state index contributed by atoms with van der Waals surface area (Å²) in [5.41, 5.74) is 2.12. The molecule has 2 heterocycles. The highest BCUT2D eigenvalue weighted by molar-refractivity contribution is 7.92. The van der Waals surface area contributed by atoms with Gasteiger partial charge in [0.2, 0.25) is 0 Å². The third-order valence-corrected chi connectivity index (χ3v) is 6.07. The number of oxazole rings is 1. The second-order valence-corrected chi connectivity index (χ2v) is 7.99. The molecule has 7 nitrogen and oxygen atoms in total. The van der Waals surface area contributed by atoms with Gasteiger partial charge in [0.15, 0.2) is 5.58 Å². The molecule has 0 atom stereocenters. The van der Waals surface area contributed by atoms with Crippen LogP contribution in [0.2, 0.25) is 5.02 Å². The number of anilines is 1. The predicted octanol–water partition coefficient (Wildman–Crippen LogP) is 4.35. The van der Waals surface area contributed by atoms with E-state index in [1.165, 1.54) is 18.4 Å². The summed E-state index contributed by atoms with van der Waals surface area (Å²) in [6.45, 7) is 1.86. The van der Waals surface area contributed by atoms with Crippen LogP contribution in [0.3, 0.4) is 0 Å². The minimum absolute atomic E-state index is 0.0124. The minimum Gasteiger partial charge on any atom is -0.423 e. The lowest BCUT2D eigenvalue weighted by Gasteiger charge is -2.18. The van der Waals surface area contributed by atoms with Crippen LogP contribution in [0.15, 0.2) is 68.6 Å². The van der Waals surface area contributed by atoms with Crippen LogP contribution in [0.4, 0.5) is 6.01 Å². The van der Waals surface area contributed by atoms with Gasteiger partial charge in [-0.15, -0.1) is 0 Å². The summed E-state index contributed by atoms with van der Waals surface area (Å²) >= 11 is 5.97. The number of aromatic nitrogens is 2. The Hall–Kier alpha value is -2.84. The standard InChI is InChI=1S/C18H14ClN3O4S/c1-2-22(18-20-16-11-13(19)6-7-17(16)26-18)27(23,24)14-5-3-4-12(10-14)15-8-9-25-21-15/h3-11H,2H2,1H3. The van der Waals surface area contributed by atoms with Crippen LogP contribution in [0.25, 0.3) is 22.4 Å². The Bertz CT molecular complexity index is 1200. The molecule has 0 bridgehead atoms. The van der Waals surface area contributed by atoms with Crippen LogP contribution < -0.4 is 4.31 Å². The second-order valence-electron chi connectivity index (χ2n) is 5.69. The lowest BCUT2D eigenvalue weighted by atomic mass is 10.2. The largest absolute Gasteiger partial charge is 0.423 e. The van der Waals surface area contributed by atoms with Gasteiger partial charge in [-0.1, -0.05) is 28.9 Å². The molecule has 0 aliphatic heterocycles. The van der Waals surface area contributed by atoms with Crippen molar-refractivity contribution in [3.05, 3.63) is 59.8 Å². The SMILES string of the molecule is CCN(c1nc2cc(Cl)ccc2o1)S(=O)(=O)c1cccc(-c2ccon2)c1. The lowest BCUT2D eigenvalue weighted by Crippen LogP contribution is -2.31. The Morgan fingerprint density at radius 2 is 2.00 bits per heavy atom. The molecule has 4 rings (SSSR count). The van der Waals surface area contributed by atoms with E-state index in [1.54, 1.807) is 43.3 Å². The molecule has 2 aromatic heterocycles. The third kappa shape index (κ3) is 3.17. The quantitative estimate of drug-likeness (QED) is 0.492. The minimum atomic E-state index is -3.89. The molecule has 0 aliphatic carbocycles. The summed E-state index contributed by atoms with van der Waals surface area (Å²) in [4.78, 5) is 4.38. The first-order valence-electron chi connectivity index (χ1n) is 8.08. The van der Waals surface area contributed by atoms with Crippen molar-refractivity contribution in [3.63, 3.8) is 0 Å². The highest BCUT2D eigenvalue weighted by Crippen LogP contribution is 2.29. The molecule has 0 spiro atoms. The van der Waals surface area contributed by atoms with Crippen molar-refractivity contribution in [2.75, 3.05) is 10.8 Å². The maximum Gasteiger partial charge on any atom is 0.312 e. The van der Waals surface area contributed by atoms with Crippen LogP contribution in [0.5, 0.6) is 0 Å². The Labute approximate surface area is 160 Å². The van der Waals surface area contributed by atoms with Gasteiger partial charge >= 0.3 is 6.01 Å². The van der Waals surface area contributed by atoms with Crippen LogP contribution in [-0.4, -0.2) is 25.1 Å². The number of nitrogens with zero attached hydrogens (tertiary/aromatic N) is 3. The first kappa shape index (κ1) is 17.6. The van der Waals surface area contributed by atoms with E-state index in [9.17, 15) is 8.42 Å². The lowest BCUT2D eigenvalue weighted by molar-refractivity contribution is 0.422. The van der Waals surface area contributed by atoms with E-state index in [0.29, 0.717) is 27.4 Å². The number of hydrogen-bond acceptors (Lipinski definition) is 6. The Kier molecular flexibility index (Phi) is 4.37. The zero-order valence-electron chi connectivity index (χ0n) is 14.2. The van der Waals surface area contributed by atoms with Crippen molar-refractivity contribution >= 4 is 38.7 Å². The number of fused-ring (bicyclic) bond motifs is 1. The van der Waals surface area contributed by atoms with Crippen molar-refractivity contribution < 1.29 is 17.4 Å². The predicted molar refractivity (Wildman–Crippen MR) is 101 cm³/mol. The fraction of sp³-hybridized carbons (Fsp3) is 0.111. The first-order chi connectivity index (χ1) is 13.0. The van der Waals surface area contributed by atoms with Gasteiger partial charge in [0, 0.05) is 23.2 Å². The number of sulfonamides is 1. The molecule has 9 heteroatoms. The molecule has 27 heavy (non-hydrogen) atoms. The molecule has 0 amide bonds. The Morgan fingerprint density at radius 1 is 1.15 bits per heavy atom. The van der Waals surface area contributed by atoms with E-state index < -0.39 is 10.0 Å². The fourth-order valence-corrected chi connectivity index (χ4v) is 4.28. The van der Waals surface area contributed by atoms with Gasteiger partial charge in [-0.05, 0) is 37.3 Å². The van der Waals surface area contributed by atoms with Gasteiger partial charge in [0.25, 0.3) is 10.0 Å². The molecular weight excluding hydrogens is 390 g/mol. The summed E-state index contributed by atoms with van der Waals surface area (Å²) < 4.78 is 38.0. The fourth-order valence-electron chi connectivity index (χ4n) is 2.71. The first-order valence-corrected chi connectivity index (χ1v) is 9.90. The van der Waals surface area contributed by atoms with Crippen molar-refractivity contribution in [1.29, 1.82) is 0 Å². The summed E-state index contributed by atoms with van der Waals surface area (Å²) in [7, 11) is -3.89. The topological polar surface area (TPSA) is 89.4 Å². The van der Waals surface area contributed by atoms with E-state index in [1.807, 2.05) is 0 Å². The molecule has 0 fully saturated rings. The van der Waals surface area contributed by atoms with Crippen LogP contribution in [0, 0.1) is 0 Å². The Morgan fingerprint density at radius 3 is 2.74 bits per heavy atom. The van der Waals surface area contributed by atoms with E-state index in [2.05, 4.69) is 10.1 Å². The third-order valence-electron chi connectivity index (χ3n) is 3.99. The van der Waals surface area contributed by atoms with Crippen molar-refractivity contribution in [2.45, 2.75) is 11.8 Å². The van der Waals surface area contributed by atoms with E-state index in [4.69, 9.17) is 20.5 Å². The number of benzene rings is 2. The summed E-state index contributed by atoms with van der Waals surface area (Å²) in [6, 6.07) is 13.0. The number of hydrogen-bond donors (Lipinski definition) is 0. The highest BCUT2D eigenvalue weighted by Gasteiger charge is 2.28. The Balaban J connectivity index is 1.77. The average molecular weight is 404 g/mol. The van der Waals surface area contributed by atoms with Gasteiger partial charge in [0.1, 0.15) is 17.5 Å². The van der Waals surface area contributed by atoms with Crippen molar-refractivity contribution in [1.82, 2.24) is 10.1 Å². The van der Waals surface area contributed by atoms with Crippen molar-refractivity contribution in [3.8, 4) is 11.3 Å². The summed E-state index contributed by atoms with van der Waals surface area (Å²) in [6.07, 6.45) is 1.43. The van der Waals surface area contributed by atoms with Gasteiger partial charge < -0.3 is 8.94 Å². The summed E-state index contributed by atoms with van der Waals surface area (Å²) in [5.74, 6) is 0. The molecule has 0 unspecified atom stereocenters. The van der Waals surface area contributed by atoms with Gasteiger partial charge in [-0.3, -0.25) is 0 Å². The number of rotatable bonds is 5. The van der Waals surface area contributed by atoms with Gasteiger partial charge in [-0.25, -0.2) is 12.7 Å². The van der Waals surface area contributed by atoms with Crippen LogP contribution in [0.1, 0.15) is 6.92 Å².